The molecule has 27 heavy (non-hydrogen) atoms. The largest absolute Gasteiger partial charge is 0.338 e. The zero-order chi connectivity index (χ0) is 18.8. The summed E-state index contributed by atoms with van der Waals surface area (Å²) < 4.78 is 2.17. The summed E-state index contributed by atoms with van der Waals surface area (Å²) >= 11 is 0. The van der Waals surface area contributed by atoms with Gasteiger partial charge in [0, 0.05) is 62.2 Å². The molecule has 0 radical (unpaired) electrons. The number of hydrogen-bond acceptors (Lipinski definition) is 3. The van der Waals surface area contributed by atoms with Gasteiger partial charge in [-0.25, -0.2) is 4.98 Å². The second-order valence-corrected chi connectivity index (χ2v) is 7.36. The molecule has 2 aromatic rings. The van der Waals surface area contributed by atoms with Crippen LogP contribution in [0.1, 0.15) is 54.7 Å². The van der Waals surface area contributed by atoms with E-state index in [2.05, 4.69) is 16.5 Å². The van der Waals surface area contributed by atoms with E-state index >= 15 is 0 Å². The maximum atomic E-state index is 13.0. The van der Waals surface area contributed by atoms with Crippen LogP contribution in [0.15, 0.2) is 36.7 Å². The first-order valence-corrected chi connectivity index (χ1v) is 9.88. The van der Waals surface area contributed by atoms with Crippen LogP contribution in [0.25, 0.3) is 0 Å². The Hall–Kier alpha value is -2.63. The fourth-order valence-electron chi connectivity index (χ4n) is 4.21. The van der Waals surface area contributed by atoms with Gasteiger partial charge in [-0.05, 0) is 50.5 Å². The number of imidazole rings is 1. The van der Waals surface area contributed by atoms with Gasteiger partial charge in [0.05, 0.1) is 0 Å². The van der Waals surface area contributed by atoms with Crippen molar-refractivity contribution in [3.05, 3.63) is 48.0 Å². The van der Waals surface area contributed by atoms with Gasteiger partial charge in [0.15, 0.2) is 0 Å². The number of benzene rings is 1. The first-order chi connectivity index (χ1) is 13.2. The van der Waals surface area contributed by atoms with Crippen LogP contribution in [0.2, 0.25) is 0 Å². The lowest BCUT2D eigenvalue weighted by Crippen LogP contribution is -2.39. The first-order valence-electron chi connectivity index (χ1n) is 9.88. The smallest absolute Gasteiger partial charge is 0.253 e. The first kappa shape index (κ1) is 17.8. The minimum absolute atomic E-state index is 0.0635. The van der Waals surface area contributed by atoms with Crippen LogP contribution in [0.3, 0.4) is 0 Å². The van der Waals surface area contributed by atoms with Crippen LogP contribution >= 0.6 is 0 Å². The summed E-state index contributed by atoms with van der Waals surface area (Å²) in [5.41, 5.74) is 1.57. The van der Waals surface area contributed by atoms with Crippen molar-refractivity contribution in [1.82, 2.24) is 14.5 Å². The Balaban J connectivity index is 1.46. The van der Waals surface area contributed by atoms with Crippen LogP contribution in [0, 0.1) is 0 Å². The summed E-state index contributed by atoms with van der Waals surface area (Å²) in [4.78, 5) is 33.1. The summed E-state index contributed by atoms with van der Waals surface area (Å²) in [7, 11) is 0. The highest BCUT2D eigenvalue weighted by Gasteiger charge is 2.28. The third-order valence-corrected chi connectivity index (χ3v) is 5.66. The molecule has 4 rings (SSSR count). The minimum atomic E-state index is 0.0635. The lowest BCUT2D eigenvalue weighted by Gasteiger charge is -2.32. The molecule has 2 aliphatic rings. The van der Waals surface area contributed by atoms with Crippen molar-refractivity contribution >= 4 is 17.5 Å². The van der Waals surface area contributed by atoms with Gasteiger partial charge in [0.25, 0.3) is 5.91 Å². The number of carbonyl (C=O) groups is 2. The second-order valence-electron chi connectivity index (χ2n) is 7.36. The van der Waals surface area contributed by atoms with Gasteiger partial charge in [-0.15, -0.1) is 0 Å². The third-order valence-electron chi connectivity index (χ3n) is 5.66. The molecule has 6 nitrogen and oxygen atoms in total. The number of carbonyl (C=O) groups excluding carboxylic acids is 2. The summed E-state index contributed by atoms with van der Waals surface area (Å²) in [6.45, 7) is 5.28. The fourth-order valence-corrected chi connectivity index (χ4v) is 4.21. The van der Waals surface area contributed by atoms with Crippen LogP contribution in [-0.2, 0) is 11.3 Å². The number of hydrogen-bond donors (Lipinski definition) is 0. The fraction of sp³-hybridized carbons (Fsp3) is 0.476. The Morgan fingerprint density at radius 2 is 2.00 bits per heavy atom. The number of aryl methyl sites for hydroxylation is 1. The highest BCUT2D eigenvalue weighted by atomic mass is 16.2. The summed E-state index contributed by atoms with van der Waals surface area (Å²) in [5, 5.41) is 0. The predicted octanol–water partition coefficient (Wildman–Crippen LogP) is 3.05. The molecule has 6 heteroatoms. The highest BCUT2D eigenvalue weighted by Crippen LogP contribution is 2.27. The lowest BCUT2D eigenvalue weighted by atomic mass is 9.96. The van der Waals surface area contributed by atoms with Crippen molar-refractivity contribution < 1.29 is 9.59 Å². The van der Waals surface area contributed by atoms with E-state index in [0.29, 0.717) is 24.4 Å². The van der Waals surface area contributed by atoms with Gasteiger partial charge < -0.3 is 14.4 Å². The molecule has 1 aromatic carbocycles. The normalized spacial score (nSPS) is 20.3. The van der Waals surface area contributed by atoms with Crippen LogP contribution < -0.4 is 4.90 Å². The Kier molecular flexibility index (Phi) is 4.97. The molecule has 142 valence electrons. The van der Waals surface area contributed by atoms with Crippen molar-refractivity contribution in [2.24, 2.45) is 0 Å². The molecule has 1 aromatic heterocycles. The Morgan fingerprint density at radius 3 is 2.70 bits per heavy atom. The molecule has 3 heterocycles. The van der Waals surface area contributed by atoms with E-state index < -0.39 is 0 Å². The van der Waals surface area contributed by atoms with E-state index in [9.17, 15) is 9.59 Å². The zero-order valence-electron chi connectivity index (χ0n) is 15.8. The Morgan fingerprint density at radius 1 is 1.19 bits per heavy atom. The molecule has 0 spiro atoms. The number of nitrogens with zero attached hydrogens (tertiary/aromatic N) is 4. The van der Waals surface area contributed by atoms with E-state index in [-0.39, 0.29) is 11.8 Å². The topological polar surface area (TPSA) is 58.4 Å². The number of anilines is 1. The molecule has 0 aliphatic carbocycles. The van der Waals surface area contributed by atoms with E-state index in [4.69, 9.17) is 0 Å². The summed E-state index contributed by atoms with van der Waals surface area (Å²) in [6.07, 6.45) is 7.43. The molecular formula is C21H26N4O2. The predicted molar refractivity (Wildman–Crippen MR) is 104 cm³/mol. The quantitative estimate of drug-likeness (QED) is 0.836. The Bertz CT molecular complexity index is 827. The van der Waals surface area contributed by atoms with Crippen molar-refractivity contribution in [2.45, 2.75) is 45.1 Å². The second kappa shape index (κ2) is 7.55. The highest BCUT2D eigenvalue weighted by molar-refractivity contribution is 5.97. The SMILES string of the molecule is CCn1ccnc1C1CCCN(C(=O)c2ccc(N3CCCC3=O)cc2)C1. The number of piperidine rings is 1. The molecule has 2 saturated heterocycles. The molecule has 2 aliphatic heterocycles. The van der Waals surface area contributed by atoms with Crippen molar-refractivity contribution in [2.75, 3.05) is 24.5 Å². The maximum absolute atomic E-state index is 13.0. The molecule has 0 saturated carbocycles. The van der Waals surface area contributed by atoms with E-state index in [0.717, 1.165) is 50.4 Å². The van der Waals surface area contributed by atoms with E-state index in [1.54, 1.807) is 4.90 Å². The lowest BCUT2D eigenvalue weighted by molar-refractivity contribution is -0.117. The van der Waals surface area contributed by atoms with Gasteiger partial charge >= 0.3 is 0 Å². The maximum Gasteiger partial charge on any atom is 0.253 e. The molecule has 2 amide bonds. The van der Waals surface area contributed by atoms with Gasteiger partial charge in [0.2, 0.25) is 5.91 Å². The molecule has 0 bridgehead atoms. The minimum Gasteiger partial charge on any atom is -0.338 e. The van der Waals surface area contributed by atoms with E-state index in [1.807, 2.05) is 41.6 Å². The summed E-state index contributed by atoms with van der Waals surface area (Å²) in [6, 6.07) is 7.48. The number of rotatable bonds is 4. The molecular weight excluding hydrogens is 340 g/mol. The van der Waals surface area contributed by atoms with Gasteiger partial charge in [-0.1, -0.05) is 0 Å². The zero-order valence-corrected chi connectivity index (χ0v) is 15.8. The van der Waals surface area contributed by atoms with Crippen LogP contribution in [0.4, 0.5) is 5.69 Å². The molecule has 2 fully saturated rings. The average molecular weight is 366 g/mol. The number of aromatic nitrogens is 2. The standard InChI is InChI=1S/C21H26N4O2/c1-2-23-14-11-22-20(23)17-5-3-12-24(15-17)21(27)16-7-9-18(10-8-16)25-13-4-6-19(25)26/h7-11,14,17H,2-6,12-13,15H2,1H3. The Labute approximate surface area is 159 Å². The number of likely N-dealkylation sites (tertiary alicyclic amines) is 1. The molecule has 1 unspecified atom stereocenters. The van der Waals surface area contributed by atoms with E-state index in [1.165, 1.54) is 0 Å². The van der Waals surface area contributed by atoms with Crippen molar-refractivity contribution in [3.63, 3.8) is 0 Å². The third kappa shape index (κ3) is 3.48. The average Bonchev–Trinajstić information content (AvgIpc) is 3.36. The van der Waals surface area contributed by atoms with Crippen LogP contribution in [-0.4, -0.2) is 45.9 Å². The molecule has 1 atom stereocenters. The van der Waals surface area contributed by atoms with Gasteiger partial charge in [-0.3, -0.25) is 9.59 Å². The molecule has 0 N–H and O–H groups in total. The summed E-state index contributed by atoms with van der Waals surface area (Å²) in [5.74, 6) is 1.60. The van der Waals surface area contributed by atoms with Gasteiger partial charge in [-0.2, -0.15) is 0 Å². The van der Waals surface area contributed by atoms with Crippen molar-refractivity contribution in [3.8, 4) is 0 Å². The monoisotopic (exact) mass is 366 g/mol. The van der Waals surface area contributed by atoms with Crippen molar-refractivity contribution in [1.29, 1.82) is 0 Å². The van der Waals surface area contributed by atoms with Gasteiger partial charge in [0.1, 0.15) is 5.82 Å². The number of amides is 2. The van der Waals surface area contributed by atoms with Crippen LogP contribution in [0.5, 0.6) is 0 Å².